The molecule has 0 aliphatic carbocycles. The number of thioether (sulfide) groups is 1. The van der Waals surface area contributed by atoms with Crippen molar-refractivity contribution in [3.8, 4) is 0 Å². The van der Waals surface area contributed by atoms with Crippen LogP contribution >= 0.6 is 11.8 Å². The third kappa shape index (κ3) is 4.98. The van der Waals surface area contributed by atoms with Crippen LogP contribution in [0.5, 0.6) is 0 Å². The van der Waals surface area contributed by atoms with E-state index in [4.69, 9.17) is 5.11 Å². The van der Waals surface area contributed by atoms with Gasteiger partial charge >= 0.3 is 5.97 Å². The Labute approximate surface area is 107 Å². The molecule has 98 valence electrons. The Hall–Kier alpha value is -0.710. The van der Waals surface area contributed by atoms with Crippen molar-refractivity contribution in [1.29, 1.82) is 0 Å². The molecule has 1 aliphatic heterocycles. The quantitative estimate of drug-likeness (QED) is 0.764. The van der Waals surface area contributed by atoms with Crippen LogP contribution in [0.2, 0.25) is 0 Å². The summed E-state index contributed by atoms with van der Waals surface area (Å²) in [5.74, 6) is 1.03. The Morgan fingerprint density at radius 3 is 2.59 bits per heavy atom. The van der Waals surface area contributed by atoms with Gasteiger partial charge in [-0.1, -0.05) is 19.8 Å². The minimum atomic E-state index is -0.919. The second kappa shape index (κ2) is 7.58. The molecule has 0 aromatic heterocycles. The Balaban J connectivity index is 2.42. The maximum Gasteiger partial charge on any atom is 0.326 e. The van der Waals surface area contributed by atoms with Gasteiger partial charge in [0.15, 0.2) is 0 Å². The molecule has 5 heteroatoms. The number of unbranched alkanes of at least 4 members (excludes halogenated alkanes) is 1. The smallest absolute Gasteiger partial charge is 0.326 e. The first-order chi connectivity index (χ1) is 8.15. The van der Waals surface area contributed by atoms with Crippen molar-refractivity contribution in [1.82, 2.24) is 5.32 Å². The molecule has 1 saturated heterocycles. The number of carboxylic acids is 1. The summed E-state index contributed by atoms with van der Waals surface area (Å²) in [6.07, 6.45) is 4.05. The summed E-state index contributed by atoms with van der Waals surface area (Å²) >= 11 is 1.86. The fourth-order valence-corrected chi connectivity index (χ4v) is 3.02. The summed E-state index contributed by atoms with van der Waals surface area (Å²) in [5.41, 5.74) is 0. The van der Waals surface area contributed by atoms with Crippen molar-refractivity contribution in [3.63, 3.8) is 0 Å². The molecule has 0 aromatic carbocycles. The highest BCUT2D eigenvalue weighted by Gasteiger charge is 2.26. The largest absolute Gasteiger partial charge is 0.480 e. The van der Waals surface area contributed by atoms with Crippen molar-refractivity contribution in [2.24, 2.45) is 5.92 Å². The van der Waals surface area contributed by atoms with Gasteiger partial charge in [0.1, 0.15) is 6.04 Å². The predicted molar refractivity (Wildman–Crippen MR) is 69.1 cm³/mol. The highest BCUT2D eigenvalue weighted by Crippen LogP contribution is 2.22. The maximum atomic E-state index is 11.9. The zero-order chi connectivity index (χ0) is 12.7. The number of nitrogens with one attached hydrogen (secondary N) is 1. The fraction of sp³-hybridized carbons (Fsp3) is 0.833. The van der Waals surface area contributed by atoms with Gasteiger partial charge in [0.25, 0.3) is 0 Å². The van der Waals surface area contributed by atoms with Gasteiger partial charge in [-0.15, -0.1) is 0 Å². The SMILES string of the molecule is CCCC[C@H](NC(=O)C1CCSCC1)C(=O)O. The van der Waals surface area contributed by atoms with Gasteiger partial charge in [0.2, 0.25) is 5.91 Å². The first-order valence-electron chi connectivity index (χ1n) is 6.26. The number of rotatable bonds is 6. The van der Waals surface area contributed by atoms with E-state index in [9.17, 15) is 9.59 Å². The minimum Gasteiger partial charge on any atom is -0.480 e. The van der Waals surface area contributed by atoms with Crippen molar-refractivity contribution in [2.45, 2.75) is 45.1 Å². The second-order valence-electron chi connectivity index (χ2n) is 4.43. The van der Waals surface area contributed by atoms with Crippen molar-refractivity contribution < 1.29 is 14.7 Å². The number of hydrogen-bond acceptors (Lipinski definition) is 3. The van der Waals surface area contributed by atoms with E-state index in [1.807, 2.05) is 18.7 Å². The zero-order valence-electron chi connectivity index (χ0n) is 10.3. The van der Waals surface area contributed by atoms with E-state index in [0.717, 1.165) is 37.2 Å². The molecule has 1 rings (SSSR count). The summed E-state index contributed by atoms with van der Waals surface area (Å²) < 4.78 is 0. The number of carbonyl (C=O) groups is 2. The van der Waals surface area contributed by atoms with Gasteiger partial charge < -0.3 is 10.4 Å². The molecule has 0 aromatic rings. The molecular weight excluding hydrogens is 238 g/mol. The zero-order valence-corrected chi connectivity index (χ0v) is 11.1. The van der Waals surface area contributed by atoms with Crippen LogP contribution in [0.1, 0.15) is 39.0 Å². The van der Waals surface area contributed by atoms with E-state index in [-0.39, 0.29) is 11.8 Å². The molecule has 0 saturated carbocycles. The minimum absolute atomic E-state index is 0.0136. The molecule has 2 N–H and O–H groups in total. The molecule has 0 spiro atoms. The van der Waals surface area contributed by atoms with E-state index in [1.165, 1.54) is 0 Å². The first kappa shape index (κ1) is 14.4. The van der Waals surface area contributed by atoms with Gasteiger partial charge in [-0.25, -0.2) is 4.79 Å². The molecule has 0 radical (unpaired) electrons. The molecule has 0 bridgehead atoms. The number of aliphatic carboxylic acids is 1. The Morgan fingerprint density at radius 1 is 1.41 bits per heavy atom. The van der Waals surface area contributed by atoms with Gasteiger partial charge in [-0.05, 0) is 30.8 Å². The highest BCUT2D eigenvalue weighted by molar-refractivity contribution is 7.99. The fourth-order valence-electron chi connectivity index (χ4n) is 1.91. The molecule has 17 heavy (non-hydrogen) atoms. The monoisotopic (exact) mass is 259 g/mol. The summed E-state index contributed by atoms with van der Waals surface area (Å²) in [6.45, 7) is 2.01. The van der Waals surface area contributed by atoms with E-state index >= 15 is 0 Å². The van der Waals surface area contributed by atoms with Crippen molar-refractivity contribution in [2.75, 3.05) is 11.5 Å². The normalized spacial score (nSPS) is 18.6. The molecule has 1 amide bonds. The Bertz CT molecular complexity index is 264. The van der Waals surface area contributed by atoms with Crippen LogP contribution in [0.15, 0.2) is 0 Å². The van der Waals surface area contributed by atoms with E-state index in [1.54, 1.807) is 0 Å². The van der Waals surface area contributed by atoms with E-state index in [0.29, 0.717) is 6.42 Å². The molecule has 4 nitrogen and oxygen atoms in total. The van der Waals surface area contributed by atoms with Crippen LogP contribution in [0.25, 0.3) is 0 Å². The maximum absolute atomic E-state index is 11.9. The average molecular weight is 259 g/mol. The number of carbonyl (C=O) groups excluding carboxylic acids is 1. The summed E-state index contributed by atoms with van der Waals surface area (Å²) in [5, 5.41) is 11.7. The predicted octanol–water partition coefficient (Wildman–Crippen LogP) is 1.89. The standard InChI is InChI=1S/C12H21NO3S/c1-2-3-4-10(12(15)16)13-11(14)9-5-7-17-8-6-9/h9-10H,2-8H2,1H3,(H,13,14)(H,15,16)/t10-/m0/s1. The van der Waals surface area contributed by atoms with Crippen LogP contribution < -0.4 is 5.32 Å². The molecular formula is C12H21NO3S. The Morgan fingerprint density at radius 2 is 2.06 bits per heavy atom. The topological polar surface area (TPSA) is 66.4 Å². The van der Waals surface area contributed by atoms with Gasteiger partial charge in [-0.3, -0.25) is 4.79 Å². The van der Waals surface area contributed by atoms with Gasteiger partial charge in [0.05, 0.1) is 0 Å². The summed E-state index contributed by atoms with van der Waals surface area (Å²) in [7, 11) is 0. The highest BCUT2D eigenvalue weighted by atomic mass is 32.2. The van der Waals surface area contributed by atoms with Gasteiger partial charge in [0, 0.05) is 5.92 Å². The van der Waals surface area contributed by atoms with Crippen LogP contribution in [-0.4, -0.2) is 34.5 Å². The lowest BCUT2D eigenvalue weighted by Crippen LogP contribution is -2.44. The van der Waals surface area contributed by atoms with E-state index < -0.39 is 12.0 Å². The lowest BCUT2D eigenvalue weighted by atomic mass is 10.0. The third-order valence-corrected chi connectivity index (χ3v) is 4.10. The molecule has 1 atom stereocenters. The lowest BCUT2D eigenvalue weighted by molar-refractivity contribution is -0.142. The summed E-state index contributed by atoms with van der Waals surface area (Å²) in [4.78, 5) is 22.9. The molecule has 1 fully saturated rings. The van der Waals surface area contributed by atoms with E-state index in [2.05, 4.69) is 5.32 Å². The Kier molecular flexibility index (Phi) is 6.40. The third-order valence-electron chi connectivity index (χ3n) is 3.05. The van der Waals surface area contributed by atoms with Crippen LogP contribution in [0.4, 0.5) is 0 Å². The lowest BCUT2D eigenvalue weighted by Gasteiger charge is -2.23. The summed E-state index contributed by atoms with van der Waals surface area (Å²) in [6, 6.07) is -0.711. The molecule has 1 aliphatic rings. The van der Waals surface area contributed by atoms with Gasteiger partial charge in [-0.2, -0.15) is 11.8 Å². The number of hydrogen-bond donors (Lipinski definition) is 2. The molecule has 0 unspecified atom stereocenters. The van der Waals surface area contributed by atoms with Crippen LogP contribution in [-0.2, 0) is 9.59 Å². The van der Waals surface area contributed by atoms with Crippen LogP contribution in [0.3, 0.4) is 0 Å². The number of carboxylic acid groups (broad SMARTS) is 1. The number of amides is 1. The first-order valence-corrected chi connectivity index (χ1v) is 7.41. The van der Waals surface area contributed by atoms with Crippen molar-refractivity contribution in [3.05, 3.63) is 0 Å². The average Bonchev–Trinajstić information content (AvgIpc) is 2.35. The van der Waals surface area contributed by atoms with Crippen molar-refractivity contribution >= 4 is 23.6 Å². The molecule has 1 heterocycles. The van der Waals surface area contributed by atoms with Crippen LogP contribution in [0, 0.1) is 5.92 Å². The second-order valence-corrected chi connectivity index (χ2v) is 5.65.